The van der Waals surface area contributed by atoms with Crippen molar-refractivity contribution in [2.24, 2.45) is 5.92 Å². The highest BCUT2D eigenvalue weighted by atomic mass is 19.4. The topological polar surface area (TPSA) is 75.6 Å². The number of nitrogens with one attached hydrogen (secondary N) is 1. The van der Waals surface area contributed by atoms with Crippen molar-refractivity contribution in [2.45, 2.75) is 31.0 Å². The first-order valence-corrected chi connectivity index (χ1v) is 7.43. The Balaban J connectivity index is 1.94. The standard InChI is InChI=1S/C16H18F3NO4/c1-24-7-6-13(15(22)23)20-14(21)12-8-11(12)9-2-4-10(5-3-9)16(17,18)19/h2-5,11-13H,6-8H2,1H3,(H,20,21)(H,22,23). The van der Waals surface area contributed by atoms with Crippen LogP contribution in [0.1, 0.15) is 29.9 Å². The summed E-state index contributed by atoms with van der Waals surface area (Å²) < 4.78 is 42.4. The third kappa shape index (κ3) is 4.47. The Labute approximate surface area is 136 Å². The number of hydrogen-bond acceptors (Lipinski definition) is 3. The molecule has 0 aromatic heterocycles. The van der Waals surface area contributed by atoms with Crippen LogP contribution < -0.4 is 5.32 Å². The molecular formula is C16H18F3NO4. The van der Waals surface area contributed by atoms with Crippen LogP contribution in [0, 0.1) is 5.92 Å². The maximum absolute atomic E-state index is 12.5. The number of alkyl halides is 3. The molecule has 0 heterocycles. The second-order valence-electron chi connectivity index (χ2n) is 5.75. The number of rotatable bonds is 7. The number of ether oxygens (including phenoxy) is 1. The average Bonchev–Trinajstić information content (AvgIpc) is 3.31. The Hall–Kier alpha value is -2.09. The Morgan fingerprint density at radius 3 is 2.46 bits per heavy atom. The molecule has 0 radical (unpaired) electrons. The van der Waals surface area contributed by atoms with Gasteiger partial charge in [0.25, 0.3) is 0 Å². The van der Waals surface area contributed by atoms with Crippen LogP contribution in [0.3, 0.4) is 0 Å². The fourth-order valence-corrected chi connectivity index (χ4v) is 2.54. The number of carbonyl (C=O) groups is 2. The van der Waals surface area contributed by atoms with E-state index in [9.17, 15) is 22.8 Å². The van der Waals surface area contributed by atoms with Crippen LogP contribution >= 0.6 is 0 Å². The molecule has 1 fully saturated rings. The number of carboxylic acid groups (broad SMARTS) is 1. The molecule has 1 aliphatic rings. The number of carboxylic acids is 1. The zero-order chi connectivity index (χ0) is 17.9. The van der Waals surface area contributed by atoms with Gasteiger partial charge in [0.1, 0.15) is 6.04 Å². The van der Waals surface area contributed by atoms with Gasteiger partial charge in [0, 0.05) is 26.1 Å². The normalized spacial score (nSPS) is 21.2. The van der Waals surface area contributed by atoms with Gasteiger partial charge in [0.2, 0.25) is 5.91 Å². The maximum Gasteiger partial charge on any atom is 0.416 e. The van der Waals surface area contributed by atoms with Crippen molar-refractivity contribution >= 4 is 11.9 Å². The van der Waals surface area contributed by atoms with Crippen LogP contribution in [0.25, 0.3) is 0 Å². The lowest BCUT2D eigenvalue weighted by Crippen LogP contribution is -2.42. The van der Waals surface area contributed by atoms with E-state index in [2.05, 4.69) is 5.32 Å². The first kappa shape index (κ1) is 18.3. The van der Waals surface area contributed by atoms with Gasteiger partial charge in [0.15, 0.2) is 0 Å². The third-order valence-corrected chi connectivity index (χ3v) is 4.02. The van der Waals surface area contributed by atoms with Gasteiger partial charge in [-0.05, 0) is 30.0 Å². The highest BCUT2D eigenvalue weighted by molar-refractivity contribution is 5.87. The molecule has 1 aromatic rings. The van der Waals surface area contributed by atoms with Crippen molar-refractivity contribution < 1.29 is 32.6 Å². The number of hydrogen-bond donors (Lipinski definition) is 2. The van der Waals surface area contributed by atoms with Gasteiger partial charge in [-0.15, -0.1) is 0 Å². The summed E-state index contributed by atoms with van der Waals surface area (Å²) >= 11 is 0. The second-order valence-corrected chi connectivity index (χ2v) is 5.75. The summed E-state index contributed by atoms with van der Waals surface area (Å²) in [5, 5.41) is 11.5. The van der Waals surface area contributed by atoms with Crippen molar-refractivity contribution in [2.75, 3.05) is 13.7 Å². The van der Waals surface area contributed by atoms with E-state index in [0.29, 0.717) is 12.0 Å². The van der Waals surface area contributed by atoms with Crippen LogP contribution in [0.4, 0.5) is 13.2 Å². The highest BCUT2D eigenvalue weighted by Crippen LogP contribution is 2.48. The van der Waals surface area contributed by atoms with Crippen molar-refractivity contribution in [3.63, 3.8) is 0 Å². The van der Waals surface area contributed by atoms with Gasteiger partial charge in [-0.2, -0.15) is 13.2 Å². The van der Waals surface area contributed by atoms with Gasteiger partial charge < -0.3 is 15.2 Å². The van der Waals surface area contributed by atoms with Crippen LogP contribution in [0.5, 0.6) is 0 Å². The molecule has 0 saturated heterocycles. The van der Waals surface area contributed by atoms with Crippen LogP contribution in [0.2, 0.25) is 0 Å². The summed E-state index contributed by atoms with van der Waals surface area (Å²) in [5.41, 5.74) is -0.0923. The van der Waals surface area contributed by atoms with E-state index >= 15 is 0 Å². The van der Waals surface area contributed by atoms with E-state index in [4.69, 9.17) is 9.84 Å². The third-order valence-electron chi connectivity index (χ3n) is 4.02. The number of methoxy groups -OCH3 is 1. The number of carbonyl (C=O) groups excluding carboxylic acids is 1. The van der Waals surface area contributed by atoms with Crippen molar-refractivity contribution in [1.29, 1.82) is 0 Å². The summed E-state index contributed by atoms with van der Waals surface area (Å²) in [6.45, 7) is 0.199. The van der Waals surface area contributed by atoms with E-state index < -0.39 is 35.6 Å². The monoisotopic (exact) mass is 345 g/mol. The Morgan fingerprint density at radius 2 is 1.96 bits per heavy atom. The fourth-order valence-electron chi connectivity index (χ4n) is 2.54. The van der Waals surface area contributed by atoms with Gasteiger partial charge >= 0.3 is 12.1 Å². The van der Waals surface area contributed by atoms with Crippen molar-refractivity contribution in [3.05, 3.63) is 35.4 Å². The smallest absolute Gasteiger partial charge is 0.416 e. The lowest BCUT2D eigenvalue weighted by Gasteiger charge is -2.14. The minimum Gasteiger partial charge on any atom is -0.480 e. The van der Waals surface area contributed by atoms with Crippen LogP contribution in [-0.2, 0) is 20.5 Å². The molecule has 0 spiro atoms. The van der Waals surface area contributed by atoms with Crippen molar-refractivity contribution in [1.82, 2.24) is 5.32 Å². The molecule has 3 atom stereocenters. The van der Waals surface area contributed by atoms with E-state index in [-0.39, 0.29) is 18.9 Å². The molecule has 1 saturated carbocycles. The molecule has 1 amide bonds. The summed E-state index contributed by atoms with van der Waals surface area (Å²) in [7, 11) is 1.43. The van der Waals surface area contributed by atoms with Gasteiger partial charge in [-0.3, -0.25) is 4.79 Å². The molecule has 0 aliphatic heterocycles. The van der Waals surface area contributed by atoms with E-state index in [1.165, 1.54) is 19.2 Å². The first-order valence-electron chi connectivity index (χ1n) is 7.43. The summed E-state index contributed by atoms with van der Waals surface area (Å²) in [6, 6.07) is 3.66. The molecule has 24 heavy (non-hydrogen) atoms. The van der Waals surface area contributed by atoms with Gasteiger partial charge in [0.05, 0.1) is 5.56 Å². The maximum atomic E-state index is 12.5. The van der Waals surface area contributed by atoms with E-state index in [0.717, 1.165) is 12.1 Å². The van der Waals surface area contributed by atoms with Crippen LogP contribution in [0.15, 0.2) is 24.3 Å². The van der Waals surface area contributed by atoms with Crippen molar-refractivity contribution in [3.8, 4) is 0 Å². The molecule has 132 valence electrons. The zero-order valence-electron chi connectivity index (χ0n) is 13.0. The SMILES string of the molecule is COCCC(NC(=O)C1CC1c1ccc(C(F)(F)F)cc1)C(=O)O. The molecule has 2 N–H and O–H groups in total. The Kier molecular flexibility index (Phi) is 5.48. The lowest BCUT2D eigenvalue weighted by molar-refractivity contribution is -0.142. The molecule has 0 bridgehead atoms. The number of benzene rings is 1. The molecule has 5 nitrogen and oxygen atoms in total. The van der Waals surface area contributed by atoms with Gasteiger partial charge in [-0.25, -0.2) is 4.79 Å². The second kappa shape index (κ2) is 7.21. The summed E-state index contributed by atoms with van der Waals surface area (Å²) in [6.07, 6.45) is -3.75. The van der Waals surface area contributed by atoms with Gasteiger partial charge in [-0.1, -0.05) is 12.1 Å². The predicted molar refractivity (Wildman–Crippen MR) is 78.4 cm³/mol. The minimum absolute atomic E-state index is 0.148. The summed E-state index contributed by atoms with van der Waals surface area (Å²) in [4.78, 5) is 23.2. The average molecular weight is 345 g/mol. The molecule has 2 rings (SSSR count). The summed E-state index contributed by atoms with van der Waals surface area (Å²) in [5.74, 6) is -2.13. The predicted octanol–water partition coefficient (Wildman–Crippen LogP) is 2.41. The number of halogens is 3. The molecular weight excluding hydrogens is 327 g/mol. The molecule has 3 unspecified atom stereocenters. The molecule has 8 heteroatoms. The first-order chi connectivity index (χ1) is 11.2. The largest absolute Gasteiger partial charge is 0.480 e. The van der Waals surface area contributed by atoms with E-state index in [1.54, 1.807) is 0 Å². The lowest BCUT2D eigenvalue weighted by atomic mass is 10.1. The zero-order valence-corrected chi connectivity index (χ0v) is 13.0. The highest BCUT2D eigenvalue weighted by Gasteiger charge is 2.45. The Bertz CT molecular complexity index is 600. The quantitative estimate of drug-likeness (QED) is 0.796. The fraction of sp³-hybridized carbons (Fsp3) is 0.500. The molecule has 1 aromatic carbocycles. The van der Waals surface area contributed by atoms with E-state index in [1.807, 2.05) is 0 Å². The minimum atomic E-state index is -4.39. The number of amides is 1. The number of aliphatic carboxylic acids is 1. The Morgan fingerprint density at radius 1 is 1.33 bits per heavy atom. The van der Waals surface area contributed by atoms with Crippen LogP contribution in [-0.4, -0.2) is 36.7 Å². The molecule has 1 aliphatic carbocycles.